The van der Waals surface area contributed by atoms with E-state index >= 15 is 0 Å². The fraction of sp³-hybridized carbons (Fsp3) is 0.286. The molecule has 0 saturated heterocycles. The Morgan fingerprint density at radius 2 is 1.70 bits per heavy atom. The van der Waals surface area contributed by atoms with Crippen LogP contribution in [0, 0.1) is 0 Å². The van der Waals surface area contributed by atoms with E-state index in [9.17, 15) is 0 Å². The summed E-state index contributed by atoms with van der Waals surface area (Å²) >= 11 is 0. The minimum Gasteiger partial charge on any atom is -0.372 e. The van der Waals surface area contributed by atoms with Crippen molar-refractivity contribution >= 4 is 23.0 Å². The van der Waals surface area contributed by atoms with E-state index in [4.69, 9.17) is 5.84 Å². The highest BCUT2D eigenvalue weighted by molar-refractivity contribution is 5.62. The van der Waals surface area contributed by atoms with Gasteiger partial charge in [-0.05, 0) is 38.1 Å². The molecule has 2 aromatic rings. The van der Waals surface area contributed by atoms with Crippen LogP contribution in [-0.4, -0.2) is 23.1 Å². The Hall–Kier alpha value is -2.34. The highest BCUT2D eigenvalue weighted by Crippen LogP contribution is 2.20. The molecule has 1 aromatic carbocycles. The molecule has 0 radical (unpaired) electrons. The molecule has 0 spiro atoms. The molecule has 0 amide bonds. The van der Waals surface area contributed by atoms with Gasteiger partial charge in [0.2, 0.25) is 0 Å². The van der Waals surface area contributed by atoms with E-state index in [0.29, 0.717) is 11.6 Å². The van der Waals surface area contributed by atoms with Crippen molar-refractivity contribution in [2.24, 2.45) is 5.84 Å². The van der Waals surface area contributed by atoms with Crippen LogP contribution < -0.4 is 21.5 Å². The normalized spacial score (nSPS) is 10.2. The third-order valence-corrected chi connectivity index (χ3v) is 3.08. The van der Waals surface area contributed by atoms with Crippen LogP contribution >= 0.6 is 0 Å². The molecule has 0 aliphatic rings. The first-order chi connectivity index (χ1) is 9.76. The van der Waals surface area contributed by atoms with Crippen molar-refractivity contribution in [3.63, 3.8) is 0 Å². The van der Waals surface area contributed by atoms with E-state index in [1.807, 2.05) is 12.1 Å². The number of hydrogen-bond acceptors (Lipinski definition) is 6. The number of nitrogen functional groups attached to an aromatic ring is 1. The number of benzene rings is 1. The molecule has 0 saturated carbocycles. The minimum absolute atomic E-state index is 0.572. The molecular weight excluding hydrogens is 252 g/mol. The minimum atomic E-state index is 0.572. The standard InChI is InChI=1S/C14H20N6/c1-3-20(4-2)12-7-5-11(6-8-12)18-13-9-14(19-15)17-10-16-13/h5-10H,3-4,15H2,1-2H3,(H2,16,17,18,19). The van der Waals surface area contributed by atoms with Crippen LogP contribution in [0.1, 0.15) is 13.8 Å². The van der Waals surface area contributed by atoms with Gasteiger partial charge in [0.1, 0.15) is 18.0 Å². The van der Waals surface area contributed by atoms with Gasteiger partial charge < -0.3 is 15.6 Å². The lowest BCUT2D eigenvalue weighted by Crippen LogP contribution is -2.21. The second-order valence-electron chi connectivity index (χ2n) is 4.28. The van der Waals surface area contributed by atoms with Crippen molar-refractivity contribution in [1.29, 1.82) is 0 Å². The number of nitrogens with one attached hydrogen (secondary N) is 2. The van der Waals surface area contributed by atoms with Crippen molar-refractivity contribution in [1.82, 2.24) is 9.97 Å². The molecule has 1 aromatic heterocycles. The van der Waals surface area contributed by atoms with Crippen molar-refractivity contribution in [3.8, 4) is 0 Å². The van der Waals surface area contributed by atoms with Crippen molar-refractivity contribution < 1.29 is 0 Å². The molecule has 0 aliphatic carbocycles. The molecule has 6 nitrogen and oxygen atoms in total. The predicted molar refractivity (Wildman–Crippen MR) is 83.1 cm³/mol. The Bertz CT molecular complexity index is 536. The zero-order chi connectivity index (χ0) is 14.4. The van der Waals surface area contributed by atoms with Gasteiger partial charge in [-0.15, -0.1) is 0 Å². The maximum Gasteiger partial charge on any atom is 0.145 e. The number of hydrogen-bond donors (Lipinski definition) is 3. The summed E-state index contributed by atoms with van der Waals surface area (Å²) in [5.74, 6) is 6.59. The van der Waals surface area contributed by atoms with Crippen LogP contribution in [0.4, 0.5) is 23.0 Å². The van der Waals surface area contributed by atoms with Crippen LogP contribution in [0.3, 0.4) is 0 Å². The van der Waals surface area contributed by atoms with Gasteiger partial charge >= 0.3 is 0 Å². The van der Waals surface area contributed by atoms with Crippen LogP contribution in [0.2, 0.25) is 0 Å². The molecule has 0 unspecified atom stereocenters. The van der Waals surface area contributed by atoms with Crippen LogP contribution in [0.15, 0.2) is 36.7 Å². The fourth-order valence-corrected chi connectivity index (χ4v) is 2.00. The summed E-state index contributed by atoms with van der Waals surface area (Å²) in [5, 5.41) is 3.22. The van der Waals surface area contributed by atoms with E-state index in [0.717, 1.165) is 18.8 Å². The summed E-state index contributed by atoms with van der Waals surface area (Å²) in [7, 11) is 0. The Kier molecular flexibility index (Phi) is 4.73. The molecule has 4 N–H and O–H groups in total. The van der Waals surface area contributed by atoms with Crippen molar-refractivity contribution in [3.05, 3.63) is 36.7 Å². The maximum absolute atomic E-state index is 5.32. The summed E-state index contributed by atoms with van der Waals surface area (Å²) < 4.78 is 0. The average Bonchev–Trinajstić information content (AvgIpc) is 2.50. The third-order valence-electron chi connectivity index (χ3n) is 3.08. The number of anilines is 4. The number of nitrogens with zero attached hydrogens (tertiary/aromatic N) is 3. The topological polar surface area (TPSA) is 79.1 Å². The third kappa shape index (κ3) is 3.36. The lowest BCUT2D eigenvalue weighted by molar-refractivity contribution is 0.866. The number of hydrazine groups is 1. The number of nitrogens with two attached hydrogens (primary N) is 1. The Balaban J connectivity index is 2.10. The van der Waals surface area contributed by atoms with E-state index in [1.54, 1.807) is 6.07 Å². The smallest absolute Gasteiger partial charge is 0.145 e. The first-order valence-corrected chi connectivity index (χ1v) is 6.67. The van der Waals surface area contributed by atoms with Gasteiger partial charge in [-0.25, -0.2) is 15.8 Å². The Morgan fingerprint density at radius 3 is 2.30 bits per heavy atom. The van der Waals surface area contributed by atoms with E-state index in [1.165, 1.54) is 12.0 Å². The van der Waals surface area contributed by atoms with Crippen molar-refractivity contribution in [2.45, 2.75) is 13.8 Å². The quantitative estimate of drug-likeness (QED) is 0.553. The van der Waals surface area contributed by atoms with Gasteiger partial charge in [-0.1, -0.05) is 0 Å². The molecule has 2 rings (SSSR count). The van der Waals surface area contributed by atoms with Crippen LogP contribution in [-0.2, 0) is 0 Å². The van der Waals surface area contributed by atoms with E-state index in [-0.39, 0.29) is 0 Å². The summed E-state index contributed by atoms with van der Waals surface area (Å²) in [6, 6.07) is 10.0. The van der Waals surface area contributed by atoms with Gasteiger partial charge in [-0.3, -0.25) is 0 Å². The molecule has 0 bridgehead atoms. The number of rotatable bonds is 6. The predicted octanol–water partition coefficient (Wildman–Crippen LogP) is 2.35. The zero-order valence-electron chi connectivity index (χ0n) is 11.8. The first kappa shape index (κ1) is 14.1. The first-order valence-electron chi connectivity index (χ1n) is 6.67. The highest BCUT2D eigenvalue weighted by Gasteiger charge is 2.02. The molecular formula is C14H20N6. The summed E-state index contributed by atoms with van der Waals surface area (Å²) in [6.45, 7) is 6.30. The molecule has 106 valence electrons. The van der Waals surface area contributed by atoms with E-state index < -0.39 is 0 Å². The van der Waals surface area contributed by atoms with Crippen molar-refractivity contribution in [2.75, 3.05) is 28.7 Å². The second-order valence-corrected chi connectivity index (χ2v) is 4.28. The average molecular weight is 272 g/mol. The summed E-state index contributed by atoms with van der Waals surface area (Å²) in [4.78, 5) is 10.4. The Morgan fingerprint density at radius 1 is 1.05 bits per heavy atom. The monoisotopic (exact) mass is 272 g/mol. The van der Waals surface area contributed by atoms with Gasteiger partial charge in [0, 0.05) is 30.5 Å². The van der Waals surface area contributed by atoms with Crippen LogP contribution in [0.25, 0.3) is 0 Å². The van der Waals surface area contributed by atoms with Gasteiger partial charge in [0.25, 0.3) is 0 Å². The fourth-order valence-electron chi connectivity index (χ4n) is 2.00. The molecule has 20 heavy (non-hydrogen) atoms. The summed E-state index contributed by atoms with van der Waals surface area (Å²) in [6.07, 6.45) is 1.46. The van der Waals surface area contributed by atoms with Crippen LogP contribution in [0.5, 0.6) is 0 Å². The van der Waals surface area contributed by atoms with Gasteiger partial charge in [0.15, 0.2) is 0 Å². The largest absolute Gasteiger partial charge is 0.372 e. The maximum atomic E-state index is 5.32. The summed E-state index contributed by atoms with van der Waals surface area (Å²) in [5.41, 5.74) is 4.68. The van der Waals surface area contributed by atoms with Gasteiger partial charge in [-0.2, -0.15) is 0 Å². The van der Waals surface area contributed by atoms with E-state index in [2.05, 4.69) is 51.6 Å². The SMILES string of the molecule is CCN(CC)c1ccc(Nc2cc(NN)ncn2)cc1. The lowest BCUT2D eigenvalue weighted by Gasteiger charge is -2.21. The van der Waals surface area contributed by atoms with Gasteiger partial charge in [0.05, 0.1) is 0 Å². The zero-order valence-corrected chi connectivity index (χ0v) is 11.8. The lowest BCUT2D eigenvalue weighted by atomic mass is 10.2. The molecule has 0 aliphatic heterocycles. The highest BCUT2D eigenvalue weighted by atomic mass is 15.3. The second kappa shape index (κ2) is 6.72. The Labute approximate surface area is 119 Å². The molecule has 0 atom stereocenters. The molecule has 0 fully saturated rings. The number of aromatic nitrogens is 2. The molecule has 6 heteroatoms. The molecule has 1 heterocycles.